The van der Waals surface area contributed by atoms with E-state index < -0.39 is 5.60 Å². The molecule has 0 atom stereocenters. The van der Waals surface area contributed by atoms with Crippen LogP contribution >= 0.6 is 15.9 Å². The standard InChI is InChI=1S/C14H17BrO3/c1-17-12-8-9(15)7-11(14(16)5-6-14)13(12)18-10-3-2-4-10/h7-8,10,16H,2-6H2,1H3. The van der Waals surface area contributed by atoms with Gasteiger partial charge in [-0.1, -0.05) is 15.9 Å². The zero-order valence-electron chi connectivity index (χ0n) is 10.4. The van der Waals surface area contributed by atoms with E-state index in [1.807, 2.05) is 12.1 Å². The molecule has 0 spiro atoms. The highest BCUT2D eigenvalue weighted by atomic mass is 79.9. The van der Waals surface area contributed by atoms with Crippen LogP contribution in [-0.2, 0) is 5.60 Å². The number of ether oxygens (including phenoxy) is 2. The first kappa shape index (κ1) is 12.3. The van der Waals surface area contributed by atoms with Crippen molar-refractivity contribution in [3.63, 3.8) is 0 Å². The lowest BCUT2D eigenvalue weighted by atomic mass is 9.96. The molecule has 2 saturated carbocycles. The van der Waals surface area contributed by atoms with Gasteiger partial charge < -0.3 is 14.6 Å². The highest BCUT2D eigenvalue weighted by Crippen LogP contribution is 2.52. The first-order valence-electron chi connectivity index (χ1n) is 6.39. The van der Waals surface area contributed by atoms with E-state index in [4.69, 9.17) is 9.47 Å². The van der Waals surface area contributed by atoms with Gasteiger partial charge in [0.05, 0.1) is 18.8 Å². The molecule has 2 aliphatic rings. The van der Waals surface area contributed by atoms with E-state index >= 15 is 0 Å². The van der Waals surface area contributed by atoms with Gasteiger partial charge in [-0.05, 0) is 44.2 Å². The van der Waals surface area contributed by atoms with Gasteiger partial charge in [0.25, 0.3) is 0 Å². The monoisotopic (exact) mass is 312 g/mol. The van der Waals surface area contributed by atoms with E-state index in [9.17, 15) is 5.11 Å². The van der Waals surface area contributed by atoms with Crippen LogP contribution in [0.4, 0.5) is 0 Å². The molecule has 2 aliphatic carbocycles. The molecule has 0 unspecified atom stereocenters. The van der Waals surface area contributed by atoms with Crippen LogP contribution in [0.3, 0.4) is 0 Å². The quantitative estimate of drug-likeness (QED) is 0.926. The number of halogens is 1. The van der Waals surface area contributed by atoms with Crippen molar-refractivity contribution in [3.05, 3.63) is 22.2 Å². The summed E-state index contributed by atoms with van der Waals surface area (Å²) in [6.45, 7) is 0. The number of benzene rings is 1. The zero-order chi connectivity index (χ0) is 12.8. The molecule has 1 aromatic rings. The highest BCUT2D eigenvalue weighted by molar-refractivity contribution is 9.10. The molecule has 2 fully saturated rings. The number of hydrogen-bond donors (Lipinski definition) is 1. The summed E-state index contributed by atoms with van der Waals surface area (Å²) in [5, 5.41) is 10.4. The van der Waals surface area contributed by atoms with Gasteiger partial charge in [-0.3, -0.25) is 0 Å². The molecule has 98 valence electrons. The largest absolute Gasteiger partial charge is 0.493 e. The second-order valence-corrected chi connectivity index (χ2v) is 6.10. The van der Waals surface area contributed by atoms with E-state index in [2.05, 4.69) is 15.9 Å². The fourth-order valence-electron chi connectivity index (χ4n) is 2.23. The highest BCUT2D eigenvalue weighted by Gasteiger charge is 2.45. The summed E-state index contributed by atoms with van der Waals surface area (Å²) < 4.78 is 12.3. The Kier molecular flexibility index (Phi) is 3.02. The molecule has 0 saturated heterocycles. The molecule has 0 radical (unpaired) electrons. The summed E-state index contributed by atoms with van der Waals surface area (Å²) in [7, 11) is 1.64. The predicted octanol–water partition coefficient (Wildman–Crippen LogP) is 3.37. The molecule has 1 aromatic carbocycles. The fraction of sp³-hybridized carbons (Fsp3) is 0.571. The molecule has 18 heavy (non-hydrogen) atoms. The molecule has 3 nitrogen and oxygen atoms in total. The van der Waals surface area contributed by atoms with Crippen molar-refractivity contribution in [2.75, 3.05) is 7.11 Å². The van der Waals surface area contributed by atoms with Gasteiger partial charge in [-0.2, -0.15) is 0 Å². The maximum absolute atomic E-state index is 10.4. The minimum atomic E-state index is -0.712. The van der Waals surface area contributed by atoms with Crippen molar-refractivity contribution in [1.82, 2.24) is 0 Å². The third-order valence-corrected chi connectivity index (χ3v) is 4.26. The van der Waals surface area contributed by atoms with Crippen molar-refractivity contribution < 1.29 is 14.6 Å². The van der Waals surface area contributed by atoms with E-state index in [-0.39, 0.29) is 6.10 Å². The predicted molar refractivity (Wildman–Crippen MR) is 72.1 cm³/mol. The second-order valence-electron chi connectivity index (χ2n) is 5.19. The van der Waals surface area contributed by atoms with E-state index in [0.29, 0.717) is 5.75 Å². The minimum Gasteiger partial charge on any atom is -0.493 e. The summed E-state index contributed by atoms with van der Waals surface area (Å²) in [6, 6.07) is 3.84. The first-order chi connectivity index (χ1) is 8.62. The molecule has 0 amide bonds. The van der Waals surface area contributed by atoms with Crippen molar-refractivity contribution in [2.24, 2.45) is 0 Å². The maximum Gasteiger partial charge on any atom is 0.167 e. The lowest BCUT2D eigenvalue weighted by Crippen LogP contribution is -2.26. The van der Waals surface area contributed by atoms with Gasteiger partial charge in [0.2, 0.25) is 0 Å². The minimum absolute atomic E-state index is 0.279. The van der Waals surface area contributed by atoms with E-state index in [0.717, 1.165) is 41.5 Å². The Bertz CT molecular complexity index is 464. The number of aliphatic hydroxyl groups is 1. The van der Waals surface area contributed by atoms with Gasteiger partial charge in [0.15, 0.2) is 11.5 Å². The van der Waals surface area contributed by atoms with Crippen molar-refractivity contribution in [2.45, 2.75) is 43.8 Å². The van der Waals surface area contributed by atoms with Crippen molar-refractivity contribution in [1.29, 1.82) is 0 Å². The SMILES string of the molecule is COc1cc(Br)cc(C2(O)CC2)c1OC1CCC1. The van der Waals surface area contributed by atoms with E-state index in [1.54, 1.807) is 7.11 Å². The Morgan fingerprint density at radius 2 is 2.06 bits per heavy atom. The zero-order valence-corrected chi connectivity index (χ0v) is 12.0. The molecule has 0 aromatic heterocycles. The Hall–Kier alpha value is -0.740. The van der Waals surface area contributed by atoms with Crippen LogP contribution in [0.5, 0.6) is 11.5 Å². The van der Waals surface area contributed by atoms with Crippen LogP contribution in [0, 0.1) is 0 Å². The van der Waals surface area contributed by atoms with Crippen LogP contribution < -0.4 is 9.47 Å². The molecule has 4 heteroatoms. The Morgan fingerprint density at radius 3 is 2.56 bits per heavy atom. The van der Waals surface area contributed by atoms with Crippen LogP contribution in [0.25, 0.3) is 0 Å². The van der Waals surface area contributed by atoms with Gasteiger partial charge in [0, 0.05) is 10.0 Å². The molecule has 3 rings (SSSR count). The number of hydrogen-bond acceptors (Lipinski definition) is 3. The summed E-state index contributed by atoms with van der Waals surface area (Å²) in [6.07, 6.45) is 5.29. The van der Waals surface area contributed by atoms with Crippen molar-refractivity contribution >= 4 is 15.9 Å². The van der Waals surface area contributed by atoms with Gasteiger partial charge in [-0.15, -0.1) is 0 Å². The first-order valence-corrected chi connectivity index (χ1v) is 7.19. The molecule has 0 bridgehead atoms. The maximum atomic E-state index is 10.4. The lowest BCUT2D eigenvalue weighted by molar-refractivity contribution is 0.101. The van der Waals surface area contributed by atoms with Crippen molar-refractivity contribution in [3.8, 4) is 11.5 Å². The average Bonchev–Trinajstić information content (AvgIpc) is 3.03. The topological polar surface area (TPSA) is 38.7 Å². The molecule has 0 aliphatic heterocycles. The number of methoxy groups -OCH3 is 1. The van der Waals surface area contributed by atoms with Crippen LogP contribution in [0.1, 0.15) is 37.7 Å². The Balaban J connectivity index is 2.00. The summed E-state index contributed by atoms with van der Waals surface area (Å²) >= 11 is 3.46. The normalized spacial score (nSPS) is 21.3. The van der Waals surface area contributed by atoms with Crippen LogP contribution in [0.2, 0.25) is 0 Å². The average molecular weight is 313 g/mol. The third-order valence-electron chi connectivity index (χ3n) is 3.80. The summed E-state index contributed by atoms with van der Waals surface area (Å²) in [4.78, 5) is 0. The third kappa shape index (κ3) is 2.12. The van der Waals surface area contributed by atoms with Crippen LogP contribution in [-0.4, -0.2) is 18.3 Å². The molecular formula is C14H17BrO3. The van der Waals surface area contributed by atoms with E-state index in [1.165, 1.54) is 6.42 Å². The molecular weight excluding hydrogens is 296 g/mol. The number of rotatable bonds is 4. The molecule has 1 N–H and O–H groups in total. The second kappa shape index (κ2) is 4.42. The Labute approximate surface area is 115 Å². The van der Waals surface area contributed by atoms with Gasteiger partial charge >= 0.3 is 0 Å². The fourth-order valence-corrected chi connectivity index (χ4v) is 2.67. The van der Waals surface area contributed by atoms with Crippen LogP contribution in [0.15, 0.2) is 16.6 Å². The summed E-state index contributed by atoms with van der Waals surface area (Å²) in [5.41, 5.74) is 0.150. The Morgan fingerprint density at radius 1 is 1.33 bits per heavy atom. The molecule has 0 heterocycles. The smallest absolute Gasteiger partial charge is 0.167 e. The van der Waals surface area contributed by atoms with Gasteiger partial charge in [-0.25, -0.2) is 0 Å². The summed E-state index contributed by atoms with van der Waals surface area (Å²) in [5.74, 6) is 1.43. The van der Waals surface area contributed by atoms with Gasteiger partial charge in [0.1, 0.15) is 0 Å². The lowest BCUT2D eigenvalue weighted by Gasteiger charge is -2.29.